The van der Waals surface area contributed by atoms with E-state index in [1.165, 1.54) is 0 Å². The topological polar surface area (TPSA) is 86.8 Å². The van der Waals surface area contributed by atoms with E-state index < -0.39 is 0 Å². The van der Waals surface area contributed by atoms with Crippen molar-refractivity contribution in [1.29, 1.82) is 0 Å². The molecule has 0 spiro atoms. The van der Waals surface area contributed by atoms with Gasteiger partial charge in [0.25, 0.3) is 0 Å². The lowest BCUT2D eigenvalue weighted by Crippen LogP contribution is -2.42. The lowest BCUT2D eigenvalue weighted by atomic mass is 9.82. The van der Waals surface area contributed by atoms with Crippen LogP contribution in [0.3, 0.4) is 0 Å². The third-order valence-corrected chi connectivity index (χ3v) is 6.71. The van der Waals surface area contributed by atoms with Crippen LogP contribution in [0.4, 0.5) is 11.5 Å². The largest absolute Gasteiger partial charge is 0.375 e. The number of rotatable bonds is 8. The number of H-pyrrole nitrogens is 1. The lowest BCUT2D eigenvalue weighted by Gasteiger charge is -2.38. The van der Waals surface area contributed by atoms with Gasteiger partial charge in [0, 0.05) is 35.2 Å². The summed E-state index contributed by atoms with van der Waals surface area (Å²) >= 11 is 12.3. The summed E-state index contributed by atoms with van der Waals surface area (Å²) in [7, 11) is 0. The Bertz CT molecular complexity index is 1070. The first-order chi connectivity index (χ1) is 15.4. The van der Waals surface area contributed by atoms with Crippen molar-refractivity contribution in [3.05, 3.63) is 40.8 Å². The fourth-order valence-electron chi connectivity index (χ4n) is 4.45. The molecule has 9 heteroatoms. The molecule has 0 amide bonds. The standard InChI is InChI=1S/C23H28Cl2N6O/c1-3-4-20(29-18-9-16(24)8-17(25)10-18)21(32)7-15-12-31(6-5-14(15)2)23-19-11-28-30-22(19)26-13-27-23/h8-11,13-15,20,29H,3-7,12H2,1-2H3,(H,26,27,28,30)/t14-,15-,20+/m0/s1. The third kappa shape index (κ3) is 5.15. The number of carbonyl (C=O) groups is 1. The highest BCUT2D eigenvalue weighted by Crippen LogP contribution is 2.32. The number of halogens is 2. The van der Waals surface area contributed by atoms with Crippen LogP contribution in [0.1, 0.15) is 39.5 Å². The Morgan fingerprint density at radius 1 is 1.28 bits per heavy atom. The van der Waals surface area contributed by atoms with Gasteiger partial charge in [0.2, 0.25) is 0 Å². The minimum absolute atomic E-state index is 0.220. The highest BCUT2D eigenvalue weighted by atomic mass is 35.5. The van der Waals surface area contributed by atoms with Crippen LogP contribution >= 0.6 is 23.2 Å². The molecule has 4 rings (SSSR count). The van der Waals surface area contributed by atoms with E-state index in [1.807, 2.05) is 0 Å². The van der Waals surface area contributed by atoms with Gasteiger partial charge in [-0.2, -0.15) is 5.10 Å². The summed E-state index contributed by atoms with van der Waals surface area (Å²) in [6.45, 7) is 6.01. The second kappa shape index (κ2) is 10.0. The van der Waals surface area contributed by atoms with E-state index in [1.54, 1.807) is 30.7 Å². The van der Waals surface area contributed by atoms with E-state index in [0.29, 0.717) is 22.4 Å². The van der Waals surface area contributed by atoms with Gasteiger partial charge in [0.15, 0.2) is 11.4 Å². The number of anilines is 2. The first-order valence-corrected chi connectivity index (χ1v) is 11.8. The number of carbonyl (C=O) groups excluding carboxylic acids is 1. The van der Waals surface area contributed by atoms with Crippen molar-refractivity contribution in [3.8, 4) is 0 Å². The van der Waals surface area contributed by atoms with E-state index in [9.17, 15) is 4.79 Å². The first-order valence-electron chi connectivity index (χ1n) is 11.1. The molecule has 0 unspecified atom stereocenters. The summed E-state index contributed by atoms with van der Waals surface area (Å²) in [6, 6.07) is 5.03. The van der Waals surface area contributed by atoms with Crippen LogP contribution in [0.2, 0.25) is 10.0 Å². The van der Waals surface area contributed by atoms with E-state index in [2.05, 4.69) is 44.2 Å². The van der Waals surface area contributed by atoms with Gasteiger partial charge in [0.05, 0.1) is 17.6 Å². The van der Waals surface area contributed by atoms with Gasteiger partial charge in [-0.05, 0) is 42.9 Å². The smallest absolute Gasteiger partial charge is 0.160 e. The Labute approximate surface area is 197 Å². The first kappa shape index (κ1) is 22.8. The number of piperidine rings is 1. The number of hydrogen-bond acceptors (Lipinski definition) is 6. The Morgan fingerprint density at radius 2 is 2.06 bits per heavy atom. The monoisotopic (exact) mass is 474 g/mol. The molecule has 1 saturated heterocycles. The zero-order valence-corrected chi connectivity index (χ0v) is 19.8. The summed E-state index contributed by atoms with van der Waals surface area (Å²) in [5.74, 6) is 1.81. The Kier molecular flexibility index (Phi) is 7.16. The fourth-order valence-corrected chi connectivity index (χ4v) is 4.98. The molecule has 0 bridgehead atoms. The van der Waals surface area contributed by atoms with Gasteiger partial charge in [-0.1, -0.05) is 43.5 Å². The molecule has 1 aliphatic heterocycles. The maximum atomic E-state index is 13.3. The molecule has 0 saturated carbocycles. The molecule has 32 heavy (non-hydrogen) atoms. The van der Waals surface area contributed by atoms with Crippen molar-refractivity contribution in [2.24, 2.45) is 11.8 Å². The minimum atomic E-state index is -0.267. The maximum absolute atomic E-state index is 13.3. The van der Waals surface area contributed by atoms with Gasteiger partial charge < -0.3 is 10.2 Å². The molecule has 1 aliphatic rings. The number of fused-ring (bicyclic) bond motifs is 1. The minimum Gasteiger partial charge on any atom is -0.375 e. The second-order valence-corrected chi connectivity index (χ2v) is 9.49. The SMILES string of the molecule is CCC[C@@H](Nc1cc(Cl)cc(Cl)c1)C(=O)C[C@H]1CN(c2ncnc3[nH]ncc23)CC[C@@H]1C. The molecule has 2 N–H and O–H groups in total. The lowest BCUT2D eigenvalue weighted by molar-refractivity contribution is -0.121. The van der Waals surface area contributed by atoms with Crippen molar-refractivity contribution in [1.82, 2.24) is 20.2 Å². The van der Waals surface area contributed by atoms with Gasteiger partial charge in [-0.25, -0.2) is 9.97 Å². The summed E-state index contributed by atoms with van der Waals surface area (Å²) < 4.78 is 0. The molecule has 0 aliphatic carbocycles. The highest BCUT2D eigenvalue weighted by Gasteiger charge is 2.31. The quantitative estimate of drug-likeness (QED) is 0.456. The van der Waals surface area contributed by atoms with Crippen LogP contribution in [-0.4, -0.2) is 45.1 Å². The van der Waals surface area contributed by atoms with Crippen LogP contribution in [0.25, 0.3) is 11.0 Å². The summed E-state index contributed by atoms with van der Waals surface area (Å²) in [5, 5.41) is 12.4. The summed E-state index contributed by atoms with van der Waals surface area (Å²) in [4.78, 5) is 24.4. The number of aromatic amines is 1. The molecule has 3 aromatic rings. The van der Waals surface area contributed by atoms with Crippen molar-refractivity contribution in [3.63, 3.8) is 0 Å². The number of nitrogens with one attached hydrogen (secondary N) is 2. The van der Waals surface area contributed by atoms with Gasteiger partial charge in [-0.15, -0.1) is 0 Å². The number of hydrogen-bond donors (Lipinski definition) is 2. The number of benzene rings is 1. The predicted octanol–water partition coefficient (Wildman–Crippen LogP) is 5.36. The van der Waals surface area contributed by atoms with Crippen molar-refractivity contribution in [2.45, 2.75) is 45.6 Å². The highest BCUT2D eigenvalue weighted by molar-refractivity contribution is 6.35. The zero-order chi connectivity index (χ0) is 22.7. The molecule has 3 heterocycles. The van der Waals surface area contributed by atoms with E-state index in [-0.39, 0.29) is 17.7 Å². The molecule has 1 fully saturated rings. The van der Waals surface area contributed by atoms with Gasteiger partial charge in [-0.3, -0.25) is 9.89 Å². The van der Waals surface area contributed by atoms with Crippen LogP contribution in [-0.2, 0) is 4.79 Å². The molecule has 1 aromatic carbocycles. The Morgan fingerprint density at radius 3 is 2.81 bits per heavy atom. The fraction of sp³-hybridized carbons (Fsp3) is 0.478. The van der Waals surface area contributed by atoms with E-state index >= 15 is 0 Å². The molecule has 0 radical (unpaired) electrons. The van der Waals surface area contributed by atoms with Gasteiger partial charge >= 0.3 is 0 Å². The zero-order valence-electron chi connectivity index (χ0n) is 18.3. The normalized spacial score (nSPS) is 19.8. The second-order valence-electron chi connectivity index (χ2n) is 8.62. The van der Waals surface area contributed by atoms with Crippen LogP contribution in [0, 0.1) is 11.8 Å². The molecular formula is C23H28Cl2N6O. The van der Waals surface area contributed by atoms with E-state index in [4.69, 9.17) is 23.2 Å². The summed E-state index contributed by atoms with van der Waals surface area (Å²) in [6.07, 6.45) is 6.52. The Balaban J connectivity index is 1.47. The Hall–Kier alpha value is -2.38. The molecule has 7 nitrogen and oxygen atoms in total. The molecule has 170 valence electrons. The van der Waals surface area contributed by atoms with Crippen LogP contribution in [0.5, 0.6) is 0 Å². The molecule has 2 aromatic heterocycles. The average molecular weight is 475 g/mol. The number of nitrogens with zero attached hydrogens (tertiary/aromatic N) is 4. The van der Waals surface area contributed by atoms with Crippen LogP contribution in [0.15, 0.2) is 30.7 Å². The van der Waals surface area contributed by atoms with E-state index in [0.717, 1.165) is 54.9 Å². The van der Waals surface area contributed by atoms with Crippen molar-refractivity contribution < 1.29 is 4.79 Å². The maximum Gasteiger partial charge on any atom is 0.160 e. The van der Waals surface area contributed by atoms with Crippen molar-refractivity contribution in [2.75, 3.05) is 23.3 Å². The number of Topliss-reactive ketones (excluding diaryl/α,β-unsaturated/α-hetero) is 1. The molecular weight excluding hydrogens is 447 g/mol. The molecule has 3 atom stereocenters. The van der Waals surface area contributed by atoms with Crippen molar-refractivity contribution >= 4 is 51.5 Å². The van der Waals surface area contributed by atoms with Crippen LogP contribution < -0.4 is 10.2 Å². The average Bonchev–Trinajstić information content (AvgIpc) is 3.23. The van der Waals surface area contributed by atoms with Gasteiger partial charge in [0.1, 0.15) is 12.1 Å². The number of ketones is 1. The summed E-state index contributed by atoms with van der Waals surface area (Å²) in [5.41, 5.74) is 1.50. The number of aromatic nitrogens is 4. The predicted molar refractivity (Wildman–Crippen MR) is 130 cm³/mol. The third-order valence-electron chi connectivity index (χ3n) is 6.27.